The lowest BCUT2D eigenvalue weighted by Crippen LogP contribution is -2.35. The van der Waals surface area contributed by atoms with Gasteiger partial charge in [0.1, 0.15) is 5.82 Å². The fourth-order valence-electron chi connectivity index (χ4n) is 2.63. The largest absolute Gasteiger partial charge is 0.388 e. The molecule has 3 unspecified atom stereocenters. The summed E-state index contributed by atoms with van der Waals surface area (Å²) in [4.78, 5) is 0. The van der Waals surface area contributed by atoms with E-state index in [1.165, 1.54) is 31.4 Å². The van der Waals surface area contributed by atoms with Crippen LogP contribution in [0.3, 0.4) is 0 Å². The molecule has 1 aromatic rings. The van der Waals surface area contributed by atoms with Crippen LogP contribution in [0.25, 0.3) is 0 Å². The van der Waals surface area contributed by atoms with E-state index in [9.17, 15) is 9.50 Å². The van der Waals surface area contributed by atoms with Crippen molar-refractivity contribution in [1.82, 2.24) is 5.32 Å². The van der Waals surface area contributed by atoms with Crippen LogP contribution >= 0.6 is 0 Å². The topological polar surface area (TPSA) is 32.3 Å². The zero-order valence-electron chi connectivity index (χ0n) is 11.8. The standard InChI is InChI=1S/C16H24FNO/c1-11(9-13-3-4-13)18-12(2)10-16(19)14-5-7-15(17)8-6-14/h5-8,11-13,16,18-19H,3-4,9-10H2,1-2H3. The van der Waals surface area contributed by atoms with Gasteiger partial charge >= 0.3 is 0 Å². The maximum atomic E-state index is 12.8. The molecule has 2 N–H and O–H groups in total. The van der Waals surface area contributed by atoms with Crippen molar-refractivity contribution in [2.45, 2.75) is 57.7 Å². The maximum Gasteiger partial charge on any atom is 0.123 e. The van der Waals surface area contributed by atoms with Crippen molar-refractivity contribution in [2.24, 2.45) is 5.92 Å². The third-order valence-corrected chi connectivity index (χ3v) is 3.78. The highest BCUT2D eigenvalue weighted by atomic mass is 19.1. The molecule has 0 saturated heterocycles. The first-order valence-electron chi connectivity index (χ1n) is 7.24. The summed E-state index contributed by atoms with van der Waals surface area (Å²) in [5.41, 5.74) is 0.782. The first-order valence-corrected chi connectivity index (χ1v) is 7.24. The van der Waals surface area contributed by atoms with Crippen LogP contribution in [0.4, 0.5) is 4.39 Å². The van der Waals surface area contributed by atoms with E-state index in [0.717, 1.165) is 11.5 Å². The zero-order chi connectivity index (χ0) is 13.8. The van der Waals surface area contributed by atoms with E-state index in [-0.39, 0.29) is 11.9 Å². The van der Waals surface area contributed by atoms with E-state index in [2.05, 4.69) is 19.2 Å². The molecule has 0 bridgehead atoms. The fourth-order valence-corrected chi connectivity index (χ4v) is 2.63. The summed E-state index contributed by atoms with van der Waals surface area (Å²) in [5, 5.41) is 13.7. The van der Waals surface area contributed by atoms with Crippen molar-refractivity contribution in [3.05, 3.63) is 35.6 Å². The average Bonchev–Trinajstić information content (AvgIpc) is 3.13. The third-order valence-electron chi connectivity index (χ3n) is 3.78. The number of hydrogen-bond acceptors (Lipinski definition) is 2. The molecule has 106 valence electrons. The Morgan fingerprint density at radius 1 is 1.21 bits per heavy atom. The van der Waals surface area contributed by atoms with Gasteiger partial charge in [-0.25, -0.2) is 4.39 Å². The summed E-state index contributed by atoms with van der Waals surface area (Å²) in [6.45, 7) is 4.30. The molecular formula is C16H24FNO. The second-order valence-corrected chi connectivity index (χ2v) is 5.95. The second kappa shape index (κ2) is 6.49. The number of hydrogen-bond donors (Lipinski definition) is 2. The van der Waals surface area contributed by atoms with Crippen LogP contribution in [-0.4, -0.2) is 17.2 Å². The molecule has 0 amide bonds. The minimum absolute atomic E-state index is 0.258. The summed E-state index contributed by atoms with van der Waals surface area (Å²) in [6.07, 6.45) is 4.10. The Morgan fingerprint density at radius 2 is 1.84 bits per heavy atom. The molecule has 2 nitrogen and oxygen atoms in total. The summed E-state index contributed by atoms with van der Waals surface area (Å²) < 4.78 is 12.8. The number of nitrogens with one attached hydrogen (secondary N) is 1. The van der Waals surface area contributed by atoms with Crippen LogP contribution in [0.5, 0.6) is 0 Å². The molecule has 1 aliphatic carbocycles. The molecule has 1 fully saturated rings. The van der Waals surface area contributed by atoms with Gasteiger partial charge in [-0.2, -0.15) is 0 Å². The molecule has 0 aliphatic heterocycles. The molecule has 3 atom stereocenters. The lowest BCUT2D eigenvalue weighted by atomic mass is 10.0. The Hall–Kier alpha value is -0.930. The van der Waals surface area contributed by atoms with Gasteiger partial charge in [0.05, 0.1) is 6.10 Å². The Balaban J connectivity index is 1.76. The van der Waals surface area contributed by atoms with Crippen molar-refractivity contribution in [3.8, 4) is 0 Å². The minimum Gasteiger partial charge on any atom is -0.388 e. The van der Waals surface area contributed by atoms with Crippen LogP contribution in [-0.2, 0) is 0 Å². The molecule has 19 heavy (non-hydrogen) atoms. The van der Waals surface area contributed by atoms with Crippen molar-refractivity contribution >= 4 is 0 Å². The lowest BCUT2D eigenvalue weighted by molar-refractivity contribution is 0.151. The summed E-state index contributed by atoms with van der Waals surface area (Å²) >= 11 is 0. The van der Waals surface area contributed by atoms with Crippen molar-refractivity contribution in [1.29, 1.82) is 0 Å². The summed E-state index contributed by atoms with van der Waals surface area (Å²) in [7, 11) is 0. The molecule has 0 spiro atoms. The number of aliphatic hydroxyl groups is 1. The van der Waals surface area contributed by atoms with Gasteiger partial charge < -0.3 is 10.4 Å². The number of aliphatic hydroxyl groups excluding tert-OH is 1. The molecular weight excluding hydrogens is 241 g/mol. The number of benzene rings is 1. The van der Waals surface area contributed by atoms with Gasteiger partial charge in [0.25, 0.3) is 0 Å². The Kier molecular flexibility index (Phi) is 4.94. The monoisotopic (exact) mass is 265 g/mol. The second-order valence-electron chi connectivity index (χ2n) is 5.95. The molecule has 3 heteroatoms. The van der Waals surface area contributed by atoms with Gasteiger partial charge in [-0.1, -0.05) is 25.0 Å². The minimum atomic E-state index is -0.531. The van der Waals surface area contributed by atoms with Gasteiger partial charge in [-0.05, 0) is 50.3 Å². The van der Waals surface area contributed by atoms with E-state index in [0.29, 0.717) is 12.5 Å². The van der Waals surface area contributed by atoms with Crippen LogP contribution in [0, 0.1) is 11.7 Å². The van der Waals surface area contributed by atoms with Crippen molar-refractivity contribution in [3.63, 3.8) is 0 Å². The molecule has 1 saturated carbocycles. The fraction of sp³-hybridized carbons (Fsp3) is 0.625. The summed E-state index contributed by atoms with van der Waals surface area (Å²) in [5.74, 6) is 0.650. The highest BCUT2D eigenvalue weighted by Crippen LogP contribution is 2.33. The molecule has 1 aromatic carbocycles. The van der Waals surface area contributed by atoms with Gasteiger partial charge in [-0.15, -0.1) is 0 Å². The van der Waals surface area contributed by atoms with Crippen LogP contribution in [0.2, 0.25) is 0 Å². The van der Waals surface area contributed by atoms with Gasteiger partial charge in [-0.3, -0.25) is 0 Å². The van der Waals surface area contributed by atoms with E-state index in [1.54, 1.807) is 12.1 Å². The third kappa shape index (κ3) is 4.92. The van der Waals surface area contributed by atoms with E-state index in [1.807, 2.05) is 0 Å². The highest BCUT2D eigenvalue weighted by Gasteiger charge is 2.24. The van der Waals surface area contributed by atoms with Crippen LogP contribution in [0.1, 0.15) is 51.2 Å². The molecule has 0 heterocycles. The summed E-state index contributed by atoms with van der Waals surface area (Å²) in [6, 6.07) is 6.86. The van der Waals surface area contributed by atoms with Gasteiger partial charge in [0.15, 0.2) is 0 Å². The first kappa shape index (κ1) is 14.5. The SMILES string of the molecule is CC(CC1CC1)NC(C)CC(O)c1ccc(F)cc1. The Bertz CT molecular complexity index is 388. The van der Waals surface area contributed by atoms with Gasteiger partial charge in [0, 0.05) is 12.1 Å². The Labute approximate surface area is 115 Å². The zero-order valence-corrected chi connectivity index (χ0v) is 11.8. The molecule has 0 aromatic heterocycles. The predicted octanol–water partition coefficient (Wildman–Crippen LogP) is 3.42. The number of halogens is 1. The van der Waals surface area contributed by atoms with E-state index < -0.39 is 6.10 Å². The molecule has 2 rings (SSSR count). The van der Waals surface area contributed by atoms with Crippen molar-refractivity contribution in [2.75, 3.05) is 0 Å². The van der Waals surface area contributed by atoms with Crippen molar-refractivity contribution < 1.29 is 9.50 Å². The number of rotatable bonds is 7. The van der Waals surface area contributed by atoms with Gasteiger partial charge in [0.2, 0.25) is 0 Å². The molecule has 1 aliphatic rings. The van der Waals surface area contributed by atoms with Crippen LogP contribution < -0.4 is 5.32 Å². The first-order chi connectivity index (χ1) is 9.04. The predicted molar refractivity (Wildman–Crippen MR) is 75.4 cm³/mol. The maximum absolute atomic E-state index is 12.8. The Morgan fingerprint density at radius 3 is 2.42 bits per heavy atom. The van der Waals surface area contributed by atoms with E-state index >= 15 is 0 Å². The quantitative estimate of drug-likeness (QED) is 0.792. The molecule has 0 radical (unpaired) electrons. The van der Waals surface area contributed by atoms with Crippen LogP contribution in [0.15, 0.2) is 24.3 Å². The normalized spacial score (nSPS) is 20.0. The van der Waals surface area contributed by atoms with E-state index in [4.69, 9.17) is 0 Å². The lowest BCUT2D eigenvalue weighted by Gasteiger charge is -2.22. The smallest absolute Gasteiger partial charge is 0.123 e. The average molecular weight is 265 g/mol. The highest BCUT2D eigenvalue weighted by molar-refractivity contribution is 5.18.